The van der Waals surface area contributed by atoms with Crippen LogP contribution < -0.4 is 0 Å². The number of carbonyl (C=O) groups is 2. The lowest BCUT2D eigenvalue weighted by atomic mass is 9.99. The first-order chi connectivity index (χ1) is 9.21. The van der Waals surface area contributed by atoms with Gasteiger partial charge in [-0.25, -0.2) is 0 Å². The van der Waals surface area contributed by atoms with E-state index in [4.69, 9.17) is 5.11 Å². The zero-order valence-electron chi connectivity index (χ0n) is 11.8. The monoisotopic (exact) mass is 308 g/mol. The molecule has 1 atom stereocenters. The van der Waals surface area contributed by atoms with Gasteiger partial charge in [-0.2, -0.15) is 17.0 Å². The van der Waals surface area contributed by atoms with Crippen LogP contribution in [-0.2, 0) is 24.5 Å². The molecule has 0 saturated carbocycles. The molecule has 0 amide bonds. The molecule has 1 N–H and O–H groups in total. The van der Waals surface area contributed by atoms with E-state index in [1.165, 1.54) is 25.4 Å². The second-order valence-corrected chi connectivity index (χ2v) is 6.72. The Hall–Kier alpha value is -1.19. The number of hydrogen-bond donors (Lipinski definition) is 1. The van der Waals surface area contributed by atoms with Gasteiger partial charge >= 0.3 is 11.9 Å². The minimum atomic E-state index is -3.83. The van der Waals surface area contributed by atoms with Gasteiger partial charge in [-0.15, -0.1) is 0 Å². The van der Waals surface area contributed by atoms with E-state index in [0.29, 0.717) is 12.8 Å². The number of nitrogens with zero attached hydrogens (tertiary/aromatic N) is 2. The summed E-state index contributed by atoms with van der Waals surface area (Å²) in [6.45, 7) is 1.67. The molecule has 1 heterocycles. The van der Waals surface area contributed by atoms with E-state index in [0.717, 1.165) is 4.31 Å². The van der Waals surface area contributed by atoms with Crippen molar-refractivity contribution >= 4 is 22.1 Å². The number of aliphatic carboxylic acids is 1. The summed E-state index contributed by atoms with van der Waals surface area (Å²) < 4.78 is 31.2. The van der Waals surface area contributed by atoms with Gasteiger partial charge in [0, 0.05) is 20.1 Å². The summed E-state index contributed by atoms with van der Waals surface area (Å²) in [6.07, 6.45) is 0.752. The number of hydrogen-bond acceptors (Lipinski definition) is 5. The molecule has 1 aliphatic rings. The Morgan fingerprint density at radius 2 is 1.85 bits per heavy atom. The number of carboxylic acids is 1. The number of piperidine rings is 1. The summed E-state index contributed by atoms with van der Waals surface area (Å²) >= 11 is 0. The van der Waals surface area contributed by atoms with Crippen molar-refractivity contribution in [3.63, 3.8) is 0 Å². The van der Waals surface area contributed by atoms with Crippen LogP contribution >= 0.6 is 0 Å². The normalized spacial score (nSPS) is 19.8. The summed E-state index contributed by atoms with van der Waals surface area (Å²) in [5.41, 5.74) is 0. The highest BCUT2D eigenvalue weighted by Gasteiger charge is 2.36. The van der Waals surface area contributed by atoms with Gasteiger partial charge in [-0.3, -0.25) is 9.59 Å². The van der Waals surface area contributed by atoms with Gasteiger partial charge in [-0.05, 0) is 19.8 Å². The quantitative estimate of drug-likeness (QED) is 0.688. The Morgan fingerprint density at radius 3 is 2.25 bits per heavy atom. The topological polar surface area (TPSA) is 104 Å². The van der Waals surface area contributed by atoms with Crippen molar-refractivity contribution in [2.45, 2.75) is 25.8 Å². The number of likely N-dealkylation sites (N-methyl/N-ethyl adjacent to an activating group) is 1. The number of rotatable bonds is 5. The molecule has 1 rings (SSSR count). The van der Waals surface area contributed by atoms with Gasteiger partial charge in [0.2, 0.25) is 0 Å². The molecule has 0 aromatic rings. The number of carbonyl (C=O) groups excluding carboxylic acids is 1. The summed E-state index contributed by atoms with van der Waals surface area (Å²) in [7, 11) is -1.29. The van der Waals surface area contributed by atoms with Crippen LogP contribution in [0.15, 0.2) is 0 Å². The fraction of sp³-hybridized carbons (Fsp3) is 0.818. The second-order valence-electron chi connectivity index (χ2n) is 4.73. The first-order valence-corrected chi connectivity index (χ1v) is 7.65. The summed E-state index contributed by atoms with van der Waals surface area (Å²) in [6, 6.07) is -1.14. The third-order valence-corrected chi connectivity index (χ3v) is 5.64. The largest absolute Gasteiger partial charge is 0.480 e. The molecule has 0 radical (unpaired) electrons. The van der Waals surface area contributed by atoms with Crippen molar-refractivity contribution in [3.8, 4) is 0 Å². The number of ether oxygens (including phenoxy) is 1. The maximum absolute atomic E-state index is 12.2. The predicted octanol–water partition coefficient (Wildman–Crippen LogP) is -0.479. The van der Waals surface area contributed by atoms with E-state index in [9.17, 15) is 18.0 Å². The zero-order valence-corrected chi connectivity index (χ0v) is 12.6. The lowest BCUT2D eigenvalue weighted by Crippen LogP contribution is -2.50. The highest BCUT2D eigenvalue weighted by atomic mass is 32.2. The van der Waals surface area contributed by atoms with Gasteiger partial charge < -0.3 is 9.84 Å². The molecular formula is C11H20N2O6S. The summed E-state index contributed by atoms with van der Waals surface area (Å²) in [5.74, 6) is -1.84. The lowest BCUT2D eigenvalue weighted by molar-refractivity contribution is -0.146. The van der Waals surface area contributed by atoms with Crippen LogP contribution in [0.4, 0.5) is 0 Å². The Labute approximate surface area is 118 Å². The molecule has 1 fully saturated rings. The van der Waals surface area contributed by atoms with Gasteiger partial charge in [-0.1, -0.05) is 0 Å². The maximum atomic E-state index is 12.2. The number of carboxylic acid groups (broad SMARTS) is 1. The van der Waals surface area contributed by atoms with Gasteiger partial charge in [0.25, 0.3) is 10.2 Å². The Kier molecular flexibility index (Phi) is 5.49. The molecule has 0 spiro atoms. The van der Waals surface area contributed by atoms with E-state index >= 15 is 0 Å². The van der Waals surface area contributed by atoms with Gasteiger partial charge in [0.05, 0.1) is 13.0 Å². The van der Waals surface area contributed by atoms with Crippen LogP contribution in [0.2, 0.25) is 0 Å². The maximum Gasteiger partial charge on any atom is 0.321 e. The van der Waals surface area contributed by atoms with Crippen LogP contribution in [-0.4, -0.2) is 67.4 Å². The zero-order chi connectivity index (χ0) is 15.5. The molecule has 1 saturated heterocycles. The standard InChI is InChI=1S/C11H20N2O6S/c1-8(10(14)15)12(2)20(17,18)13-6-4-9(5-7-13)11(16)19-3/h8-9H,4-7H2,1-3H3,(H,14,15). The van der Waals surface area contributed by atoms with E-state index in [2.05, 4.69) is 4.74 Å². The Morgan fingerprint density at radius 1 is 1.35 bits per heavy atom. The van der Waals surface area contributed by atoms with Crippen LogP contribution in [0.25, 0.3) is 0 Å². The molecule has 1 unspecified atom stereocenters. The van der Waals surface area contributed by atoms with Crippen LogP contribution in [0.1, 0.15) is 19.8 Å². The van der Waals surface area contributed by atoms with Crippen molar-refractivity contribution in [1.29, 1.82) is 0 Å². The number of esters is 1. The van der Waals surface area contributed by atoms with Gasteiger partial charge in [0.1, 0.15) is 6.04 Å². The third kappa shape index (κ3) is 3.47. The van der Waals surface area contributed by atoms with Crippen LogP contribution in [0, 0.1) is 5.92 Å². The lowest BCUT2D eigenvalue weighted by Gasteiger charge is -2.33. The van der Waals surface area contributed by atoms with Crippen molar-refractivity contribution in [1.82, 2.24) is 8.61 Å². The average molecular weight is 308 g/mol. The highest BCUT2D eigenvalue weighted by Crippen LogP contribution is 2.22. The summed E-state index contributed by atoms with van der Waals surface area (Å²) in [4.78, 5) is 22.2. The highest BCUT2D eigenvalue weighted by molar-refractivity contribution is 7.86. The van der Waals surface area contributed by atoms with Crippen LogP contribution in [0.5, 0.6) is 0 Å². The average Bonchev–Trinajstić information content (AvgIpc) is 2.44. The number of methoxy groups -OCH3 is 1. The molecule has 0 aromatic heterocycles. The van der Waals surface area contributed by atoms with Crippen LogP contribution in [0.3, 0.4) is 0 Å². The molecule has 1 aliphatic heterocycles. The van der Waals surface area contributed by atoms with Gasteiger partial charge in [0.15, 0.2) is 0 Å². The molecule has 20 heavy (non-hydrogen) atoms. The second kappa shape index (κ2) is 6.51. The first kappa shape index (κ1) is 16.9. The molecule has 9 heteroatoms. The molecule has 0 aromatic carbocycles. The molecule has 0 aliphatic carbocycles. The molecule has 116 valence electrons. The predicted molar refractivity (Wildman–Crippen MR) is 70.1 cm³/mol. The Balaban J connectivity index is 2.72. The van der Waals surface area contributed by atoms with Crippen molar-refractivity contribution in [3.05, 3.63) is 0 Å². The first-order valence-electron chi connectivity index (χ1n) is 6.25. The van der Waals surface area contributed by atoms with E-state index in [1.807, 2.05) is 0 Å². The minimum absolute atomic E-state index is 0.179. The van der Waals surface area contributed by atoms with Crippen molar-refractivity contribution in [2.24, 2.45) is 5.92 Å². The third-order valence-electron chi connectivity index (χ3n) is 3.58. The smallest absolute Gasteiger partial charge is 0.321 e. The molecule has 8 nitrogen and oxygen atoms in total. The van der Waals surface area contributed by atoms with Crippen molar-refractivity contribution < 1.29 is 27.9 Å². The minimum Gasteiger partial charge on any atom is -0.480 e. The Bertz CT molecular complexity index is 469. The SMILES string of the molecule is COC(=O)C1CCN(S(=O)(=O)N(C)C(C)C(=O)O)CC1. The molecule has 0 bridgehead atoms. The van der Waals surface area contributed by atoms with E-state index < -0.39 is 22.2 Å². The fourth-order valence-electron chi connectivity index (χ4n) is 2.03. The van der Waals surface area contributed by atoms with E-state index in [-0.39, 0.29) is 25.0 Å². The van der Waals surface area contributed by atoms with E-state index in [1.54, 1.807) is 0 Å². The summed E-state index contributed by atoms with van der Waals surface area (Å²) in [5, 5.41) is 8.88. The molecular weight excluding hydrogens is 288 g/mol. The van der Waals surface area contributed by atoms with Crippen molar-refractivity contribution in [2.75, 3.05) is 27.2 Å². The fourth-order valence-corrected chi connectivity index (χ4v) is 3.55.